The van der Waals surface area contributed by atoms with Crippen molar-refractivity contribution in [1.29, 1.82) is 0 Å². The van der Waals surface area contributed by atoms with E-state index in [0.29, 0.717) is 0 Å². The number of nitrogens with zero attached hydrogens (tertiary/aromatic N) is 2. The molecule has 0 aromatic heterocycles. The number of hydrogen-bond donors (Lipinski definition) is 0. The van der Waals surface area contributed by atoms with Crippen molar-refractivity contribution in [2.24, 2.45) is 5.10 Å². The molecule has 0 bridgehead atoms. The molecule has 18 heavy (non-hydrogen) atoms. The van der Waals surface area contributed by atoms with E-state index < -0.39 is 23.4 Å². The Bertz CT molecular complexity index is 536. The van der Waals surface area contributed by atoms with Gasteiger partial charge in [-0.3, -0.25) is 9.59 Å². The quantitative estimate of drug-likeness (QED) is 0.561. The number of hydrogen-bond acceptors (Lipinski definition) is 5. The van der Waals surface area contributed by atoms with Crippen molar-refractivity contribution in [3.63, 3.8) is 0 Å². The van der Waals surface area contributed by atoms with Gasteiger partial charge in [-0.05, 0) is 5.56 Å². The van der Waals surface area contributed by atoms with Crippen LogP contribution in [-0.2, 0) is 25.7 Å². The molecule has 1 aromatic carbocycles. The summed E-state index contributed by atoms with van der Waals surface area (Å²) < 4.78 is 4.38. The third kappa shape index (κ3) is 2.13. The van der Waals surface area contributed by atoms with E-state index in [4.69, 9.17) is 0 Å². The lowest BCUT2D eigenvalue weighted by Crippen LogP contribution is -2.30. The summed E-state index contributed by atoms with van der Waals surface area (Å²) >= 11 is 0. The normalized spacial score (nSPS) is 14.7. The number of benzene rings is 1. The predicted molar refractivity (Wildman–Crippen MR) is 61.5 cm³/mol. The third-order valence-electron chi connectivity index (χ3n) is 2.42. The Kier molecular flexibility index (Phi) is 3.18. The largest absolute Gasteiger partial charge is 0.464 e. The molecule has 92 valence electrons. The molecule has 0 spiro atoms. The molecule has 0 aliphatic carbocycles. The lowest BCUT2D eigenvalue weighted by molar-refractivity contribution is -0.141. The van der Waals surface area contributed by atoms with Crippen LogP contribution in [0.25, 0.3) is 0 Å². The number of hydrazone groups is 1. The minimum atomic E-state index is -0.933. The first-order chi connectivity index (χ1) is 8.63. The molecule has 0 saturated heterocycles. The second kappa shape index (κ2) is 4.79. The fourth-order valence-electron chi connectivity index (χ4n) is 1.52. The zero-order chi connectivity index (χ0) is 13.1. The maximum Gasteiger partial charge on any atom is 0.362 e. The van der Waals surface area contributed by atoms with Crippen molar-refractivity contribution in [3.05, 3.63) is 35.9 Å². The van der Waals surface area contributed by atoms with Crippen LogP contribution in [0.3, 0.4) is 0 Å². The van der Waals surface area contributed by atoms with Crippen LogP contribution in [0.2, 0.25) is 0 Å². The van der Waals surface area contributed by atoms with E-state index in [9.17, 15) is 14.4 Å². The summed E-state index contributed by atoms with van der Waals surface area (Å²) in [6.07, 6.45) is 0. The van der Waals surface area contributed by atoms with Gasteiger partial charge in [0.05, 0.1) is 13.7 Å². The van der Waals surface area contributed by atoms with Crippen molar-refractivity contribution >= 4 is 23.4 Å². The van der Waals surface area contributed by atoms with Crippen LogP contribution in [0.1, 0.15) is 5.56 Å². The summed E-state index contributed by atoms with van der Waals surface area (Å²) in [4.78, 5) is 34.3. The van der Waals surface area contributed by atoms with E-state index >= 15 is 0 Å². The van der Waals surface area contributed by atoms with Gasteiger partial charge >= 0.3 is 11.9 Å². The van der Waals surface area contributed by atoms with Crippen molar-refractivity contribution < 1.29 is 19.1 Å². The summed E-state index contributed by atoms with van der Waals surface area (Å²) in [7, 11) is 1.13. The van der Waals surface area contributed by atoms with Gasteiger partial charge in [0.2, 0.25) is 5.71 Å². The van der Waals surface area contributed by atoms with Crippen LogP contribution in [0.4, 0.5) is 0 Å². The Labute approximate surface area is 103 Å². The Morgan fingerprint density at radius 1 is 1.28 bits per heavy atom. The average Bonchev–Trinajstić information content (AvgIpc) is 2.67. The van der Waals surface area contributed by atoms with Crippen molar-refractivity contribution in [3.8, 4) is 0 Å². The molecule has 1 aliphatic rings. The molecule has 1 aliphatic heterocycles. The monoisotopic (exact) mass is 246 g/mol. The van der Waals surface area contributed by atoms with Gasteiger partial charge in [-0.15, -0.1) is 0 Å². The first-order valence-corrected chi connectivity index (χ1v) is 5.20. The second-order valence-corrected chi connectivity index (χ2v) is 3.62. The lowest BCUT2D eigenvalue weighted by Gasteiger charge is -2.09. The summed E-state index contributed by atoms with van der Waals surface area (Å²) in [5.74, 6) is -2.65. The minimum absolute atomic E-state index is 0.145. The molecule has 2 rings (SSSR count). The molecule has 6 nitrogen and oxygen atoms in total. The second-order valence-electron chi connectivity index (χ2n) is 3.62. The van der Waals surface area contributed by atoms with E-state index in [2.05, 4.69) is 9.84 Å². The molecular formula is C12H10N2O4. The van der Waals surface area contributed by atoms with Crippen LogP contribution < -0.4 is 0 Å². The Morgan fingerprint density at radius 3 is 2.56 bits per heavy atom. The summed E-state index contributed by atoms with van der Waals surface area (Å²) in [6.45, 7) is 0.145. The van der Waals surface area contributed by atoms with Crippen LogP contribution in [0.5, 0.6) is 0 Å². The van der Waals surface area contributed by atoms with E-state index in [0.717, 1.165) is 17.7 Å². The van der Waals surface area contributed by atoms with Gasteiger partial charge in [-0.2, -0.15) is 5.10 Å². The molecule has 0 unspecified atom stereocenters. The number of ketones is 1. The highest BCUT2D eigenvalue weighted by molar-refractivity contribution is 6.80. The molecule has 1 aromatic rings. The van der Waals surface area contributed by atoms with Gasteiger partial charge in [0.25, 0.3) is 5.78 Å². The number of rotatable bonds is 3. The molecule has 1 heterocycles. The summed E-state index contributed by atoms with van der Waals surface area (Å²) in [5.41, 5.74) is 0.340. The van der Waals surface area contributed by atoms with Crippen molar-refractivity contribution in [2.45, 2.75) is 6.54 Å². The van der Waals surface area contributed by atoms with Gasteiger partial charge in [-0.25, -0.2) is 9.80 Å². The van der Waals surface area contributed by atoms with Crippen LogP contribution >= 0.6 is 0 Å². The Balaban J connectivity index is 2.20. The fourth-order valence-corrected chi connectivity index (χ4v) is 1.52. The molecule has 0 fully saturated rings. The molecular weight excluding hydrogens is 236 g/mol. The average molecular weight is 246 g/mol. The maximum atomic E-state index is 11.6. The topological polar surface area (TPSA) is 76.0 Å². The Morgan fingerprint density at radius 2 is 1.94 bits per heavy atom. The highest BCUT2D eigenvalue weighted by Gasteiger charge is 2.38. The standard InChI is InChI=1S/C12H10N2O4/c1-18-12(17)9-10(15)11(16)14(13-9)7-8-5-3-2-4-6-8/h2-6H,7H2,1H3. The number of amides is 1. The Hall–Kier alpha value is -2.50. The van der Waals surface area contributed by atoms with Crippen LogP contribution in [-0.4, -0.2) is 35.5 Å². The molecule has 0 radical (unpaired) electrons. The van der Waals surface area contributed by atoms with Crippen LogP contribution in [0.15, 0.2) is 35.4 Å². The highest BCUT2D eigenvalue weighted by atomic mass is 16.5. The number of methoxy groups -OCH3 is 1. The van der Waals surface area contributed by atoms with Crippen LogP contribution in [0, 0.1) is 0 Å². The minimum Gasteiger partial charge on any atom is -0.464 e. The van der Waals surface area contributed by atoms with Gasteiger partial charge < -0.3 is 4.74 Å². The van der Waals surface area contributed by atoms with Gasteiger partial charge in [0, 0.05) is 0 Å². The third-order valence-corrected chi connectivity index (χ3v) is 2.42. The molecule has 0 N–H and O–H groups in total. The SMILES string of the molecule is COC(=O)C1=NN(Cc2ccccc2)C(=O)C1=O. The number of Topliss-reactive ketones (excluding diaryl/α,β-unsaturated/α-hetero) is 1. The fraction of sp³-hybridized carbons (Fsp3) is 0.167. The smallest absolute Gasteiger partial charge is 0.362 e. The number of carbonyl (C=O) groups excluding carboxylic acids is 3. The molecule has 0 saturated carbocycles. The number of carbonyl (C=O) groups is 3. The maximum absolute atomic E-state index is 11.6. The van der Waals surface area contributed by atoms with E-state index in [1.807, 2.05) is 18.2 Å². The number of ether oxygens (including phenoxy) is 1. The highest BCUT2D eigenvalue weighted by Crippen LogP contribution is 2.11. The molecule has 6 heteroatoms. The number of esters is 1. The van der Waals surface area contributed by atoms with Crippen molar-refractivity contribution in [2.75, 3.05) is 7.11 Å². The van der Waals surface area contributed by atoms with Gasteiger partial charge in [0.1, 0.15) is 0 Å². The molecule has 1 amide bonds. The van der Waals surface area contributed by atoms with E-state index in [1.54, 1.807) is 12.1 Å². The zero-order valence-electron chi connectivity index (χ0n) is 9.62. The van der Waals surface area contributed by atoms with E-state index in [1.165, 1.54) is 0 Å². The van der Waals surface area contributed by atoms with Gasteiger partial charge in [-0.1, -0.05) is 30.3 Å². The summed E-state index contributed by atoms with van der Waals surface area (Å²) in [6, 6.07) is 9.04. The zero-order valence-corrected chi connectivity index (χ0v) is 9.62. The summed E-state index contributed by atoms with van der Waals surface area (Å²) in [5, 5.41) is 4.65. The predicted octanol–water partition coefficient (Wildman–Crippen LogP) is 0.127. The van der Waals surface area contributed by atoms with Gasteiger partial charge in [0.15, 0.2) is 0 Å². The lowest BCUT2D eigenvalue weighted by atomic mass is 10.2. The first-order valence-electron chi connectivity index (χ1n) is 5.20. The first kappa shape index (κ1) is 12.0. The van der Waals surface area contributed by atoms with Crippen molar-refractivity contribution in [1.82, 2.24) is 5.01 Å². The van der Waals surface area contributed by atoms with E-state index in [-0.39, 0.29) is 6.54 Å². The molecule has 0 atom stereocenters.